The van der Waals surface area contributed by atoms with E-state index in [-0.39, 0.29) is 24.4 Å². The number of hydrogen-bond donors (Lipinski definition) is 3. The lowest BCUT2D eigenvalue weighted by Crippen LogP contribution is -2.27. The van der Waals surface area contributed by atoms with Crippen LogP contribution in [0, 0.1) is 6.92 Å². The number of aromatic nitrogens is 3. The van der Waals surface area contributed by atoms with Crippen molar-refractivity contribution in [1.29, 1.82) is 0 Å². The van der Waals surface area contributed by atoms with E-state index in [2.05, 4.69) is 20.5 Å². The van der Waals surface area contributed by atoms with Crippen LogP contribution in [0.3, 0.4) is 0 Å². The molecule has 1 amide bonds. The van der Waals surface area contributed by atoms with Crippen molar-refractivity contribution in [2.45, 2.75) is 32.2 Å². The van der Waals surface area contributed by atoms with Crippen molar-refractivity contribution < 1.29 is 4.79 Å². The predicted octanol–water partition coefficient (Wildman–Crippen LogP) is 1.66. The second kappa shape index (κ2) is 5.90. The summed E-state index contributed by atoms with van der Waals surface area (Å²) in [6.07, 6.45) is 2.71. The first kappa shape index (κ1) is 15.0. The van der Waals surface area contributed by atoms with E-state index in [9.17, 15) is 4.79 Å². The molecule has 0 fully saturated rings. The quantitative estimate of drug-likeness (QED) is 0.785. The maximum Gasteiger partial charge on any atom is 0.277 e. The highest BCUT2D eigenvalue weighted by Crippen LogP contribution is 2.29. The zero-order valence-corrected chi connectivity index (χ0v) is 12.6. The fourth-order valence-corrected chi connectivity index (χ4v) is 3.25. The Bertz CT molecular complexity index is 623. The van der Waals surface area contributed by atoms with Crippen LogP contribution in [0.25, 0.3) is 0 Å². The Morgan fingerprint density at radius 2 is 2.40 bits per heavy atom. The molecule has 6 nitrogen and oxygen atoms in total. The summed E-state index contributed by atoms with van der Waals surface area (Å²) in [6.45, 7) is 1.85. The summed E-state index contributed by atoms with van der Waals surface area (Å²) in [7, 11) is 0. The number of anilines is 1. The molecule has 0 radical (unpaired) electrons. The molecule has 2 heterocycles. The normalized spacial score (nSPS) is 17.2. The second-order valence-corrected chi connectivity index (χ2v) is 5.87. The molecule has 1 atom stereocenters. The summed E-state index contributed by atoms with van der Waals surface area (Å²) in [5.41, 5.74) is 8.23. The van der Waals surface area contributed by atoms with Crippen LogP contribution < -0.4 is 11.1 Å². The zero-order valence-electron chi connectivity index (χ0n) is 11.0. The smallest absolute Gasteiger partial charge is 0.277 e. The zero-order chi connectivity index (χ0) is 13.4. The van der Waals surface area contributed by atoms with Gasteiger partial charge in [-0.15, -0.1) is 23.7 Å². The van der Waals surface area contributed by atoms with Crippen LogP contribution >= 0.6 is 23.7 Å². The lowest BCUT2D eigenvalue weighted by molar-refractivity contribution is 0.102. The van der Waals surface area contributed by atoms with Gasteiger partial charge in [0.1, 0.15) is 0 Å². The molecule has 0 aromatic carbocycles. The summed E-state index contributed by atoms with van der Waals surface area (Å²) in [5.74, 6) is -0.236. The van der Waals surface area contributed by atoms with Crippen molar-refractivity contribution in [3.05, 3.63) is 28.0 Å². The molecule has 0 unspecified atom stereocenters. The molecular formula is C12H16ClN5OS. The minimum absolute atomic E-state index is 0. The van der Waals surface area contributed by atoms with Crippen LogP contribution in [-0.4, -0.2) is 27.1 Å². The summed E-state index contributed by atoms with van der Waals surface area (Å²) in [5, 5.41) is 10.1. The third-order valence-corrected chi connectivity index (χ3v) is 4.17. The lowest BCUT2D eigenvalue weighted by Gasteiger charge is -2.15. The third kappa shape index (κ3) is 3.00. The SMILES string of the molecule is Cc1cc(C(=O)Nc2nc3c(s2)C[C@@H](N)CC3)n[nH]1.Cl. The molecule has 2 aromatic rings. The Hall–Kier alpha value is -1.44. The van der Waals surface area contributed by atoms with Gasteiger partial charge in [0.2, 0.25) is 0 Å². The van der Waals surface area contributed by atoms with E-state index in [0.29, 0.717) is 10.8 Å². The number of rotatable bonds is 2. The van der Waals surface area contributed by atoms with E-state index in [1.807, 2.05) is 6.92 Å². The topological polar surface area (TPSA) is 96.7 Å². The van der Waals surface area contributed by atoms with Gasteiger partial charge in [-0.3, -0.25) is 15.2 Å². The van der Waals surface area contributed by atoms with Crippen molar-refractivity contribution in [3.63, 3.8) is 0 Å². The minimum Gasteiger partial charge on any atom is -0.327 e. The van der Waals surface area contributed by atoms with Gasteiger partial charge < -0.3 is 5.73 Å². The van der Waals surface area contributed by atoms with Gasteiger partial charge >= 0.3 is 0 Å². The Morgan fingerprint density at radius 1 is 1.60 bits per heavy atom. The molecule has 20 heavy (non-hydrogen) atoms. The number of hydrogen-bond acceptors (Lipinski definition) is 5. The molecular weight excluding hydrogens is 298 g/mol. The van der Waals surface area contributed by atoms with Crippen LogP contribution in [0.15, 0.2) is 6.07 Å². The predicted molar refractivity (Wildman–Crippen MR) is 80.6 cm³/mol. The molecule has 1 aliphatic rings. The van der Waals surface area contributed by atoms with Gasteiger partial charge in [0.15, 0.2) is 10.8 Å². The van der Waals surface area contributed by atoms with Gasteiger partial charge in [-0.05, 0) is 32.3 Å². The summed E-state index contributed by atoms with van der Waals surface area (Å²) in [4.78, 5) is 17.6. The Balaban J connectivity index is 0.00000147. The van der Waals surface area contributed by atoms with Crippen LogP contribution in [-0.2, 0) is 12.8 Å². The second-order valence-electron chi connectivity index (χ2n) is 4.78. The van der Waals surface area contributed by atoms with Gasteiger partial charge in [-0.2, -0.15) is 5.10 Å². The maximum atomic E-state index is 12.0. The number of aromatic amines is 1. The average Bonchev–Trinajstić information content (AvgIpc) is 2.94. The number of amides is 1. The number of carbonyl (C=O) groups excluding carboxylic acids is 1. The molecule has 0 saturated carbocycles. The van der Waals surface area contributed by atoms with E-state index >= 15 is 0 Å². The van der Waals surface area contributed by atoms with Crippen molar-refractivity contribution in [2.24, 2.45) is 5.73 Å². The van der Waals surface area contributed by atoms with Crippen molar-refractivity contribution in [3.8, 4) is 0 Å². The van der Waals surface area contributed by atoms with E-state index in [0.717, 1.165) is 30.7 Å². The van der Waals surface area contributed by atoms with Crippen LogP contribution in [0.4, 0.5) is 5.13 Å². The number of nitrogens with two attached hydrogens (primary N) is 1. The van der Waals surface area contributed by atoms with Crippen LogP contribution in [0.5, 0.6) is 0 Å². The largest absolute Gasteiger partial charge is 0.327 e. The number of halogens is 1. The van der Waals surface area contributed by atoms with E-state index < -0.39 is 0 Å². The number of nitrogens with one attached hydrogen (secondary N) is 2. The van der Waals surface area contributed by atoms with E-state index in [4.69, 9.17) is 5.73 Å². The van der Waals surface area contributed by atoms with Crippen molar-refractivity contribution in [1.82, 2.24) is 15.2 Å². The van der Waals surface area contributed by atoms with Crippen LogP contribution in [0.1, 0.15) is 33.2 Å². The third-order valence-electron chi connectivity index (χ3n) is 3.14. The Labute approximate surface area is 126 Å². The van der Waals surface area contributed by atoms with Crippen molar-refractivity contribution in [2.75, 3.05) is 5.32 Å². The number of fused-ring (bicyclic) bond motifs is 1. The van der Waals surface area contributed by atoms with E-state index in [1.165, 1.54) is 16.2 Å². The maximum absolute atomic E-state index is 12.0. The van der Waals surface area contributed by atoms with Gasteiger partial charge in [0.05, 0.1) is 5.69 Å². The van der Waals surface area contributed by atoms with Crippen LogP contribution in [0.2, 0.25) is 0 Å². The summed E-state index contributed by atoms with van der Waals surface area (Å²) >= 11 is 1.51. The highest BCUT2D eigenvalue weighted by molar-refractivity contribution is 7.15. The van der Waals surface area contributed by atoms with Gasteiger partial charge in [-0.1, -0.05) is 0 Å². The molecule has 0 spiro atoms. The summed E-state index contributed by atoms with van der Waals surface area (Å²) < 4.78 is 0. The molecule has 0 bridgehead atoms. The Kier molecular flexibility index (Phi) is 4.42. The molecule has 0 saturated heterocycles. The molecule has 0 aliphatic heterocycles. The summed E-state index contributed by atoms with van der Waals surface area (Å²) in [6, 6.07) is 1.92. The minimum atomic E-state index is -0.236. The average molecular weight is 314 g/mol. The van der Waals surface area contributed by atoms with E-state index in [1.54, 1.807) is 6.07 Å². The van der Waals surface area contributed by atoms with Crippen molar-refractivity contribution >= 4 is 34.8 Å². The highest BCUT2D eigenvalue weighted by atomic mass is 35.5. The Morgan fingerprint density at radius 3 is 3.10 bits per heavy atom. The number of aryl methyl sites for hydroxylation is 2. The lowest BCUT2D eigenvalue weighted by atomic mass is 9.99. The first-order valence-electron chi connectivity index (χ1n) is 6.19. The standard InChI is InChI=1S/C12H15N5OS.ClH/c1-6-4-9(17-16-6)11(18)15-12-14-8-3-2-7(13)5-10(8)19-12;/h4,7H,2-3,5,13H2,1H3,(H,16,17)(H,14,15,18);1H/t7-;/m0./s1. The number of carbonyl (C=O) groups is 1. The molecule has 4 N–H and O–H groups in total. The monoisotopic (exact) mass is 313 g/mol. The fraction of sp³-hybridized carbons (Fsp3) is 0.417. The first-order valence-corrected chi connectivity index (χ1v) is 7.01. The molecule has 3 rings (SSSR count). The fourth-order valence-electron chi connectivity index (χ4n) is 2.15. The van der Waals surface area contributed by atoms with Gasteiger partial charge in [0, 0.05) is 16.6 Å². The molecule has 2 aromatic heterocycles. The van der Waals surface area contributed by atoms with Gasteiger partial charge in [0.25, 0.3) is 5.91 Å². The number of H-pyrrole nitrogens is 1. The number of thiazole rings is 1. The highest BCUT2D eigenvalue weighted by Gasteiger charge is 2.21. The molecule has 1 aliphatic carbocycles. The number of nitrogens with zero attached hydrogens (tertiary/aromatic N) is 2. The first-order chi connectivity index (χ1) is 9.11. The van der Waals surface area contributed by atoms with Gasteiger partial charge in [-0.25, -0.2) is 4.98 Å². The molecule has 8 heteroatoms. The molecule has 108 valence electrons.